The van der Waals surface area contributed by atoms with Crippen molar-refractivity contribution in [2.24, 2.45) is 0 Å². The minimum absolute atomic E-state index is 0.163. The zero-order chi connectivity index (χ0) is 19.6. The molecule has 0 saturated heterocycles. The number of nitrogens with zero attached hydrogens (tertiary/aromatic N) is 2. The number of esters is 1. The molecule has 27 heavy (non-hydrogen) atoms. The van der Waals surface area contributed by atoms with Crippen LogP contribution in [0.1, 0.15) is 22.8 Å². The number of carbonyl (C=O) groups excluding carboxylic acids is 3. The number of likely N-dealkylation sites (N-methyl/N-ethyl adjacent to an activating group) is 1. The van der Waals surface area contributed by atoms with Crippen molar-refractivity contribution in [2.75, 3.05) is 19.7 Å². The van der Waals surface area contributed by atoms with Crippen molar-refractivity contribution in [1.82, 2.24) is 15.2 Å². The fourth-order valence-electron chi connectivity index (χ4n) is 2.20. The number of benzene rings is 1. The highest BCUT2D eigenvalue weighted by molar-refractivity contribution is 5.91. The van der Waals surface area contributed by atoms with Gasteiger partial charge in [0.1, 0.15) is 5.82 Å². The third kappa shape index (κ3) is 6.50. The Hall–Kier alpha value is -3.29. The number of nitrogens with one attached hydrogen (secondary N) is 1. The van der Waals surface area contributed by atoms with Crippen LogP contribution in [0.25, 0.3) is 0 Å². The molecule has 1 aromatic heterocycles. The Morgan fingerprint density at radius 1 is 1.11 bits per heavy atom. The van der Waals surface area contributed by atoms with Crippen LogP contribution in [-0.2, 0) is 20.9 Å². The first-order chi connectivity index (χ1) is 13.0. The topological polar surface area (TPSA) is 88.6 Å². The lowest BCUT2D eigenvalue weighted by molar-refractivity contribution is -0.138. The lowest BCUT2D eigenvalue weighted by Gasteiger charge is -2.20. The maximum Gasteiger partial charge on any atom is 0.338 e. The van der Waals surface area contributed by atoms with Crippen molar-refractivity contribution in [3.8, 4) is 0 Å². The summed E-state index contributed by atoms with van der Waals surface area (Å²) in [6.07, 6.45) is 2.89. The highest BCUT2D eigenvalue weighted by Gasteiger charge is 2.18. The summed E-state index contributed by atoms with van der Waals surface area (Å²) in [5, 5.41) is 2.66. The highest BCUT2D eigenvalue weighted by Crippen LogP contribution is 2.03. The summed E-state index contributed by atoms with van der Waals surface area (Å²) in [6.45, 7) is 1.61. The number of ether oxygens (including phenoxy) is 1. The molecule has 0 aliphatic rings. The molecule has 8 heteroatoms. The molecule has 142 valence electrons. The molecular weight excluding hydrogens is 353 g/mol. The van der Waals surface area contributed by atoms with E-state index in [-0.39, 0.29) is 36.9 Å². The van der Waals surface area contributed by atoms with E-state index in [1.807, 2.05) is 0 Å². The van der Waals surface area contributed by atoms with Gasteiger partial charge in [0.15, 0.2) is 6.61 Å². The lowest BCUT2D eigenvalue weighted by atomic mass is 10.2. The maximum absolute atomic E-state index is 12.9. The first-order valence-corrected chi connectivity index (χ1v) is 8.35. The van der Waals surface area contributed by atoms with Gasteiger partial charge in [-0.05, 0) is 36.8 Å². The minimum atomic E-state index is -0.637. The Labute approximate surface area is 156 Å². The van der Waals surface area contributed by atoms with E-state index in [4.69, 9.17) is 4.74 Å². The zero-order valence-electron chi connectivity index (χ0n) is 14.9. The second-order valence-corrected chi connectivity index (χ2v) is 5.62. The van der Waals surface area contributed by atoms with Gasteiger partial charge in [-0.25, -0.2) is 9.18 Å². The third-order valence-corrected chi connectivity index (χ3v) is 3.71. The molecule has 0 fully saturated rings. The van der Waals surface area contributed by atoms with Gasteiger partial charge in [0.25, 0.3) is 5.91 Å². The van der Waals surface area contributed by atoms with Crippen molar-refractivity contribution in [2.45, 2.75) is 13.5 Å². The van der Waals surface area contributed by atoms with Crippen molar-refractivity contribution in [3.63, 3.8) is 0 Å². The number of aromatic nitrogens is 1. The molecular formula is C19H20FN3O4. The Balaban J connectivity index is 1.78. The van der Waals surface area contributed by atoms with Crippen LogP contribution in [0.5, 0.6) is 0 Å². The summed E-state index contributed by atoms with van der Waals surface area (Å²) >= 11 is 0. The fourth-order valence-corrected chi connectivity index (χ4v) is 2.20. The van der Waals surface area contributed by atoms with Crippen LogP contribution < -0.4 is 5.32 Å². The SMILES string of the molecule is CCN(CC(=O)NCc1ccc(F)cc1)C(=O)COC(=O)c1ccncc1. The van der Waals surface area contributed by atoms with Crippen LogP contribution in [0, 0.1) is 5.82 Å². The van der Waals surface area contributed by atoms with E-state index in [9.17, 15) is 18.8 Å². The molecule has 0 atom stereocenters. The molecule has 1 N–H and O–H groups in total. The molecule has 0 spiro atoms. The van der Waals surface area contributed by atoms with E-state index in [1.165, 1.54) is 41.6 Å². The summed E-state index contributed by atoms with van der Waals surface area (Å²) in [6, 6.07) is 8.70. The predicted molar refractivity (Wildman–Crippen MR) is 95.0 cm³/mol. The van der Waals surface area contributed by atoms with Gasteiger partial charge < -0.3 is 15.0 Å². The maximum atomic E-state index is 12.9. The fraction of sp³-hybridized carbons (Fsp3) is 0.263. The molecule has 1 aromatic carbocycles. The Morgan fingerprint density at radius 2 is 1.78 bits per heavy atom. The van der Waals surface area contributed by atoms with Gasteiger partial charge in [-0.1, -0.05) is 12.1 Å². The molecule has 0 saturated carbocycles. The van der Waals surface area contributed by atoms with Crippen LogP contribution in [0.2, 0.25) is 0 Å². The summed E-state index contributed by atoms with van der Waals surface area (Å²) in [5.74, 6) is -1.83. The smallest absolute Gasteiger partial charge is 0.338 e. The van der Waals surface area contributed by atoms with Gasteiger partial charge >= 0.3 is 5.97 Å². The second kappa shape index (κ2) is 10.0. The molecule has 0 bridgehead atoms. The van der Waals surface area contributed by atoms with Crippen LogP contribution in [-0.4, -0.2) is 47.4 Å². The van der Waals surface area contributed by atoms with Gasteiger partial charge in [0.05, 0.1) is 12.1 Å². The Bertz CT molecular complexity index is 781. The molecule has 0 aliphatic heterocycles. The summed E-state index contributed by atoms with van der Waals surface area (Å²) in [4.78, 5) is 41.1. The van der Waals surface area contributed by atoms with Gasteiger partial charge in [-0.2, -0.15) is 0 Å². The summed E-state index contributed by atoms with van der Waals surface area (Å²) in [7, 11) is 0. The van der Waals surface area contributed by atoms with E-state index in [1.54, 1.807) is 19.1 Å². The van der Waals surface area contributed by atoms with Gasteiger partial charge in [0.2, 0.25) is 5.91 Å². The normalized spacial score (nSPS) is 10.1. The largest absolute Gasteiger partial charge is 0.452 e. The molecule has 2 aromatic rings. The van der Waals surface area contributed by atoms with Crippen molar-refractivity contribution >= 4 is 17.8 Å². The molecule has 7 nitrogen and oxygen atoms in total. The average Bonchev–Trinajstić information content (AvgIpc) is 2.70. The Morgan fingerprint density at radius 3 is 2.41 bits per heavy atom. The average molecular weight is 373 g/mol. The number of halogens is 1. The quantitative estimate of drug-likeness (QED) is 0.709. The zero-order valence-corrected chi connectivity index (χ0v) is 14.9. The monoisotopic (exact) mass is 373 g/mol. The van der Waals surface area contributed by atoms with E-state index >= 15 is 0 Å². The van der Waals surface area contributed by atoms with Gasteiger partial charge in [-0.3, -0.25) is 14.6 Å². The molecule has 0 unspecified atom stereocenters. The first kappa shape index (κ1) is 20.0. The molecule has 1 heterocycles. The van der Waals surface area contributed by atoms with Crippen molar-refractivity contribution < 1.29 is 23.5 Å². The Kier molecular flexibility index (Phi) is 7.42. The molecule has 0 aliphatic carbocycles. The number of amides is 2. The standard InChI is InChI=1S/C19H20FN3O4/c1-2-23(12-17(24)22-11-14-3-5-16(20)6-4-14)18(25)13-27-19(26)15-7-9-21-10-8-15/h3-10H,2,11-13H2,1H3,(H,22,24). The van der Waals surface area contributed by atoms with E-state index in [0.29, 0.717) is 0 Å². The second-order valence-electron chi connectivity index (χ2n) is 5.62. The number of hydrogen-bond donors (Lipinski definition) is 1. The number of hydrogen-bond acceptors (Lipinski definition) is 5. The van der Waals surface area contributed by atoms with Crippen molar-refractivity contribution in [3.05, 3.63) is 65.7 Å². The van der Waals surface area contributed by atoms with Gasteiger partial charge in [0, 0.05) is 25.5 Å². The number of carbonyl (C=O) groups is 3. The molecule has 0 radical (unpaired) electrons. The summed E-state index contributed by atoms with van der Waals surface area (Å²) < 4.78 is 17.8. The van der Waals surface area contributed by atoms with Crippen LogP contribution in [0.15, 0.2) is 48.8 Å². The minimum Gasteiger partial charge on any atom is -0.452 e. The van der Waals surface area contributed by atoms with Crippen LogP contribution in [0.4, 0.5) is 4.39 Å². The van der Waals surface area contributed by atoms with Crippen LogP contribution in [0.3, 0.4) is 0 Å². The molecule has 2 amide bonds. The van der Waals surface area contributed by atoms with E-state index in [0.717, 1.165) is 5.56 Å². The lowest BCUT2D eigenvalue weighted by Crippen LogP contribution is -2.42. The first-order valence-electron chi connectivity index (χ1n) is 8.35. The van der Waals surface area contributed by atoms with E-state index < -0.39 is 18.5 Å². The number of rotatable bonds is 8. The van der Waals surface area contributed by atoms with Crippen molar-refractivity contribution in [1.29, 1.82) is 0 Å². The predicted octanol–water partition coefficient (Wildman–Crippen LogP) is 1.54. The third-order valence-electron chi connectivity index (χ3n) is 3.71. The van der Waals surface area contributed by atoms with Gasteiger partial charge in [-0.15, -0.1) is 0 Å². The number of pyridine rings is 1. The highest BCUT2D eigenvalue weighted by atomic mass is 19.1. The van der Waals surface area contributed by atoms with Crippen LogP contribution >= 0.6 is 0 Å². The van der Waals surface area contributed by atoms with E-state index in [2.05, 4.69) is 10.3 Å². The summed E-state index contributed by atoms with van der Waals surface area (Å²) in [5.41, 5.74) is 1.03. The molecule has 2 rings (SSSR count).